The number of aromatic amines is 1. The molecule has 2 aliphatic rings. The van der Waals surface area contributed by atoms with Gasteiger partial charge in [0.05, 0.1) is 40.7 Å². The van der Waals surface area contributed by atoms with E-state index in [0.29, 0.717) is 43.1 Å². The Labute approximate surface area is 267 Å². The second-order valence-electron chi connectivity index (χ2n) is 11.7. The molecule has 0 bridgehead atoms. The van der Waals surface area contributed by atoms with Gasteiger partial charge >= 0.3 is 0 Å². The highest BCUT2D eigenvalue weighted by Gasteiger charge is 2.28. The predicted molar refractivity (Wildman–Crippen MR) is 176 cm³/mol. The van der Waals surface area contributed by atoms with Crippen LogP contribution >= 0.6 is 11.3 Å². The first-order valence-corrected chi connectivity index (χ1v) is 16.2. The number of H-pyrrole nitrogens is 1. The molecule has 3 N–H and O–H groups in total. The number of nitrogens with two attached hydrogens (primary N) is 1. The van der Waals surface area contributed by atoms with Crippen molar-refractivity contribution in [3.8, 4) is 11.4 Å². The lowest BCUT2D eigenvalue weighted by molar-refractivity contribution is 0.0600. The highest BCUT2D eigenvalue weighted by Crippen LogP contribution is 2.39. The highest BCUT2D eigenvalue weighted by molar-refractivity contribution is 7.19. The fourth-order valence-corrected chi connectivity index (χ4v) is 7.68. The van der Waals surface area contributed by atoms with Gasteiger partial charge in [0.15, 0.2) is 17.4 Å². The minimum absolute atomic E-state index is 0.185. The van der Waals surface area contributed by atoms with Crippen molar-refractivity contribution in [1.82, 2.24) is 30.0 Å². The molecule has 2 amide bonds. The van der Waals surface area contributed by atoms with Crippen LogP contribution in [0.2, 0.25) is 0 Å². The van der Waals surface area contributed by atoms with Crippen molar-refractivity contribution in [2.45, 2.75) is 13.5 Å². The molecule has 2 aromatic carbocycles. The maximum atomic E-state index is 13.4. The zero-order valence-corrected chi connectivity index (χ0v) is 26.1. The number of primary amides is 1. The van der Waals surface area contributed by atoms with Crippen LogP contribution in [0.25, 0.3) is 43.5 Å². The monoisotopic (exact) mass is 636 g/mol. The first kappa shape index (κ1) is 28.6. The third-order valence-electron chi connectivity index (χ3n) is 8.93. The van der Waals surface area contributed by atoms with Gasteiger partial charge in [0.1, 0.15) is 5.58 Å². The molecule has 0 saturated carbocycles. The van der Waals surface area contributed by atoms with Crippen molar-refractivity contribution in [2.24, 2.45) is 5.73 Å². The van der Waals surface area contributed by atoms with Crippen molar-refractivity contribution < 1.29 is 18.7 Å². The number of thiophene rings is 1. The lowest BCUT2D eigenvalue weighted by Crippen LogP contribution is -2.48. The summed E-state index contributed by atoms with van der Waals surface area (Å²) in [5.41, 5.74) is 10.1. The number of morpholine rings is 1. The Morgan fingerprint density at radius 1 is 1.02 bits per heavy atom. The third kappa shape index (κ3) is 4.96. The van der Waals surface area contributed by atoms with Crippen molar-refractivity contribution in [3.05, 3.63) is 70.4 Å². The molecular formula is C33H32N8O4S. The molecule has 2 aliphatic heterocycles. The van der Waals surface area contributed by atoms with E-state index in [1.165, 1.54) is 4.88 Å². The number of ether oxygens (including phenoxy) is 1. The van der Waals surface area contributed by atoms with Gasteiger partial charge in [-0.1, -0.05) is 24.3 Å². The van der Waals surface area contributed by atoms with E-state index in [4.69, 9.17) is 24.9 Å². The van der Waals surface area contributed by atoms with E-state index in [1.54, 1.807) is 34.4 Å². The molecular weight excluding hydrogens is 604 g/mol. The summed E-state index contributed by atoms with van der Waals surface area (Å²) in [4.78, 5) is 43.2. The van der Waals surface area contributed by atoms with Crippen LogP contribution in [0.5, 0.6) is 0 Å². The number of piperazine rings is 1. The summed E-state index contributed by atoms with van der Waals surface area (Å²) in [6.07, 6.45) is 1.83. The summed E-state index contributed by atoms with van der Waals surface area (Å²) in [6.45, 7) is 8.38. The van der Waals surface area contributed by atoms with Gasteiger partial charge < -0.3 is 24.7 Å². The molecule has 13 heteroatoms. The van der Waals surface area contributed by atoms with Crippen LogP contribution in [0.1, 0.15) is 31.4 Å². The Hall–Kier alpha value is -4.85. The first-order chi connectivity index (χ1) is 22.4. The number of hydrogen-bond acceptors (Lipinski definition) is 10. The molecule has 8 rings (SSSR count). The summed E-state index contributed by atoms with van der Waals surface area (Å²) in [5.74, 6) is 1.08. The van der Waals surface area contributed by atoms with E-state index in [0.717, 1.165) is 70.8 Å². The number of nitrogens with one attached hydrogen (secondary N) is 1. The van der Waals surface area contributed by atoms with E-state index >= 15 is 0 Å². The van der Waals surface area contributed by atoms with Crippen molar-refractivity contribution >= 4 is 61.1 Å². The average molecular weight is 637 g/mol. The minimum Gasteiger partial charge on any atom is -0.450 e. The molecule has 2 saturated heterocycles. The Bertz CT molecular complexity index is 2120. The third-order valence-corrected chi connectivity index (χ3v) is 10.2. The number of furan rings is 1. The number of nitrogens with zero attached hydrogens (tertiary/aromatic N) is 6. The molecule has 12 nitrogen and oxygen atoms in total. The molecule has 0 radical (unpaired) electrons. The standard InChI is InChI=1S/C33H32N8O4S/c1-19-26(18-39-8-10-41(11-9-39)33(43)25-16-20-4-2-6-22(30(34)42)28(20)45-25)46-29-27(19)36-31(37-32(29)40-12-14-44-15-13-40)21-5-3-7-24-23(21)17-35-38-24/h2-7,16-17H,8-15,18H2,1H3,(H2,34,42)(H,35,38). The maximum absolute atomic E-state index is 13.4. The fourth-order valence-electron chi connectivity index (χ4n) is 6.37. The average Bonchev–Trinajstić information content (AvgIpc) is 3.82. The normalized spacial score (nSPS) is 16.2. The Morgan fingerprint density at radius 3 is 2.63 bits per heavy atom. The van der Waals surface area contributed by atoms with E-state index in [9.17, 15) is 9.59 Å². The quantitative estimate of drug-likeness (QED) is 0.275. The SMILES string of the molecule is Cc1c(CN2CCN(C(=O)c3cc4cccc(C(N)=O)c4o3)CC2)sc2c(N3CCOCC3)nc(-c3cccc4[nH]ncc34)nc12. The number of carbonyl (C=O) groups is 2. The van der Waals surface area contributed by atoms with Crippen molar-refractivity contribution in [1.29, 1.82) is 0 Å². The van der Waals surface area contributed by atoms with Gasteiger partial charge in [-0.2, -0.15) is 5.10 Å². The first-order valence-electron chi connectivity index (χ1n) is 15.3. The Morgan fingerprint density at radius 2 is 1.83 bits per heavy atom. The molecule has 0 spiro atoms. The maximum Gasteiger partial charge on any atom is 0.289 e. The van der Waals surface area contributed by atoms with E-state index in [2.05, 4.69) is 26.9 Å². The molecule has 46 heavy (non-hydrogen) atoms. The number of rotatable bonds is 6. The number of anilines is 1. The van der Waals surface area contributed by atoms with Gasteiger partial charge in [-0.3, -0.25) is 19.6 Å². The molecule has 2 fully saturated rings. The number of para-hydroxylation sites is 1. The summed E-state index contributed by atoms with van der Waals surface area (Å²) in [7, 11) is 0. The van der Waals surface area contributed by atoms with E-state index in [1.807, 2.05) is 30.5 Å². The number of hydrogen-bond donors (Lipinski definition) is 2. The summed E-state index contributed by atoms with van der Waals surface area (Å²) in [5, 5.41) is 8.97. The highest BCUT2D eigenvalue weighted by atomic mass is 32.1. The number of fused-ring (bicyclic) bond motifs is 3. The smallest absolute Gasteiger partial charge is 0.289 e. The largest absolute Gasteiger partial charge is 0.450 e. The second kappa shape index (κ2) is 11.5. The Kier molecular flexibility index (Phi) is 7.15. The van der Waals surface area contributed by atoms with Gasteiger partial charge in [-0.15, -0.1) is 11.3 Å². The predicted octanol–water partition coefficient (Wildman–Crippen LogP) is 4.18. The number of benzene rings is 2. The lowest BCUT2D eigenvalue weighted by atomic mass is 10.1. The van der Waals surface area contributed by atoms with Crippen molar-refractivity contribution in [2.75, 3.05) is 57.4 Å². The van der Waals surface area contributed by atoms with Gasteiger partial charge in [0.25, 0.3) is 11.8 Å². The fraction of sp³-hybridized carbons (Fsp3) is 0.303. The van der Waals surface area contributed by atoms with Crippen LogP contribution in [0.3, 0.4) is 0 Å². The molecule has 4 aromatic heterocycles. The molecule has 234 valence electrons. The number of aryl methyl sites for hydroxylation is 1. The number of aromatic nitrogens is 4. The molecule has 0 atom stereocenters. The van der Waals surface area contributed by atoms with E-state index < -0.39 is 5.91 Å². The zero-order chi connectivity index (χ0) is 31.4. The van der Waals surface area contributed by atoms with E-state index in [-0.39, 0.29) is 17.2 Å². The zero-order valence-electron chi connectivity index (χ0n) is 25.3. The van der Waals surface area contributed by atoms with Gasteiger partial charge in [0.2, 0.25) is 0 Å². The van der Waals surface area contributed by atoms with Gasteiger partial charge in [-0.05, 0) is 30.7 Å². The summed E-state index contributed by atoms with van der Waals surface area (Å²) < 4.78 is 12.6. The van der Waals surface area contributed by atoms with Gasteiger partial charge in [0, 0.05) is 67.0 Å². The molecule has 6 aromatic rings. The topological polar surface area (TPSA) is 147 Å². The number of amides is 2. The second-order valence-corrected chi connectivity index (χ2v) is 12.8. The molecule has 0 unspecified atom stereocenters. The van der Waals surface area contributed by atoms with Gasteiger partial charge in [-0.25, -0.2) is 9.97 Å². The summed E-state index contributed by atoms with van der Waals surface area (Å²) >= 11 is 1.76. The van der Waals surface area contributed by atoms with Crippen LogP contribution in [-0.4, -0.2) is 94.3 Å². The minimum atomic E-state index is -0.585. The molecule has 6 heterocycles. The lowest BCUT2D eigenvalue weighted by Gasteiger charge is -2.34. The van der Waals surface area contributed by atoms with Crippen LogP contribution in [0.4, 0.5) is 5.82 Å². The Balaban J connectivity index is 1.05. The van der Waals surface area contributed by atoms with Crippen LogP contribution < -0.4 is 10.6 Å². The summed E-state index contributed by atoms with van der Waals surface area (Å²) in [6, 6.07) is 12.9. The number of carbonyl (C=O) groups excluding carboxylic acids is 2. The van der Waals surface area contributed by atoms with Crippen LogP contribution in [0, 0.1) is 6.92 Å². The van der Waals surface area contributed by atoms with Crippen molar-refractivity contribution in [3.63, 3.8) is 0 Å². The van der Waals surface area contributed by atoms with Crippen LogP contribution in [-0.2, 0) is 11.3 Å². The molecule has 0 aliphatic carbocycles. The van der Waals surface area contributed by atoms with Crippen LogP contribution in [0.15, 0.2) is 53.1 Å².